The molecule has 0 bridgehead atoms. The first kappa shape index (κ1) is 42.4. The summed E-state index contributed by atoms with van der Waals surface area (Å²) in [6.45, 7) is 3.18. The van der Waals surface area contributed by atoms with Crippen LogP contribution in [0.3, 0.4) is 0 Å². The standard InChI is InChI=1S/C49H45N5O9S/c1-28(2)38(44(57)61-3)51-48(60)53-35-23-12-10-21-33(35)49(46(53)59)37(43(56)52-47-50-34-22-11-13-24-36(34)64-47)40-45(58)63-41(30-17-8-5-9-18-30)39(29-15-6-4-7-16-29)54(40)42(49)31-19-14-20-32(27-31)62-26-25-55/h4-24,27-28,37-42,55H,25-26H2,1-3H3,(H,51,60)(H,50,52,56)/t37-,38-,39-,40-,41+,42+,49-/m0/s1. The number of rotatable bonds is 11. The Morgan fingerprint density at radius 1 is 0.844 bits per heavy atom. The number of hydrogen-bond donors (Lipinski definition) is 3. The van der Waals surface area contributed by atoms with E-state index in [1.54, 1.807) is 62.4 Å². The molecule has 64 heavy (non-hydrogen) atoms. The molecule has 7 atom stereocenters. The van der Waals surface area contributed by atoms with E-state index >= 15 is 14.4 Å². The quantitative estimate of drug-likeness (QED) is 0.116. The van der Waals surface area contributed by atoms with Crippen molar-refractivity contribution in [3.05, 3.63) is 156 Å². The maximum atomic E-state index is 16.3. The first-order valence-corrected chi connectivity index (χ1v) is 21.8. The summed E-state index contributed by atoms with van der Waals surface area (Å²) in [5.41, 5.74) is 0.974. The maximum absolute atomic E-state index is 16.3. The lowest BCUT2D eigenvalue weighted by Crippen LogP contribution is -2.57. The van der Waals surface area contributed by atoms with Crippen molar-refractivity contribution in [1.29, 1.82) is 0 Å². The Bertz CT molecular complexity index is 2720. The normalized spacial score (nSPS) is 23.1. The van der Waals surface area contributed by atoms with Crippen LogP contribution in [0.5, 0.6) is 5.75 Å². The SMILES string of the molecule is COC(=O)[C@@H](NC(=O)N1C(=O)[C@@]2(c3ccccc31)[C@H](C(=O)Nc1nc3ccccc3s1)[C@H]1C(=O)O[C@H](c3ccccc3)[C@H](c3ccccc3)N1[C@@H]2c1cccc(OCCO)c1)C(C)C. The number of fused-ring (bicyclic) bond motifs is 4. The number of carbonyl (C=O) groups is 5. The molecule has 0 unspecified atom stereocenters. The lowest BCUT2D eigenvalue weighted by Gasteiger charge is -2.46. The first-order valence-electron chi connectivity index (χ1n) is 21.0. The second-order valence-corrected chi connectivity index (χ2v) is 17.3. The number of amides is 4. The van der Waals surface area contributed by atoms with Gasteiger partial charge in [0.1, 0.15) is 36.0 Å². The highest BCUT2D eigenvalue weighted by Crippen LogP contribution is 2.66. The highest BCUT2D eigenvalue weighted by molar-refractivity contribution is 7.22. The number of carbonyl (C=O) groups excluding carboxylic acids is 5. The number of hydrogen-bond acceptors (Lipinski definition) is 12. The minimum absolute atomic E-state index is 0.0270. The molecule has 5 aromatic carbocycles. The van der Waals surface area contributed by atoms with Crippen LogP contribution < -0.4 is 20.3 Å². The Labute approximate surface area is 372 Å². The molecule has 4 amide bonds. The van der Waals surface area contributed by atoms with Gasteiger partial charge in [-0.2, -0.15) is 0 Å². The van der Waals surface area contributed by atoms with Crippen LogP contribution in [0, 0.1) is 11.8 Å². The largest absolute Gasteiger partial charge is 0.491 e. The highest BCUT2D eigenvalue weighted by Gasteiger charge is 2.75. The number of para-hydroxylation sites is 2. The molecule has 1 aromatic heterocycles. The number of anilines is 2. The van der Waals surface area contributed by atoms with Gasteiger partial charge in [0.15, 0.2) is 5.13 Å². The van der Waals surface area contributed by atoms with Crippen molar-refractivity contribution in [3.63, 3.8) is 0 Å². The van der Waals surface area contributed by atoms with Gasteiger partial charge in [0, 0.05) is 0 Å². The van der Waals surface area contributed by atoms with Gasteiger partial charge >= 0.3 is 18.0 Å². The van der Waals surface area contributed by atoms with Crippen molar-refractivity contribution in [1.82, 2.24) is 15.2 Å². The fourth-order valence-corrected chi connectivity index (χ4v) is 10.6. The molecular formula is C49H45N5O9S. The molecular weight excluding hydrogens is 835 g/mol. The minimum Gasteiger partial charge on any atom is -0.491 e. The zero-order valence-electron chi connectivity index (χ0n) is 35.1. The van der Waals surface area contributed by atoms with E-state index in [1.807, 2.05) is 89.8 Å². The lowest BCUT2D eigenvalue weighted by molar-refractivity contribution is -0.177. The van der Waals surface area contributed by atoms with E-state index in [0.29, 0.717) is 28.0 Å². The van der Waals surface area contributed by atoms with E-state index in [-0.39, 0.29) is 24.0 Å². The third-order valence-corrected chi connectivity index (χ3v) is 13.3. The summed E-state index contributed by atoms with van der Waals surface area (Å²) in [4.78, 5) is 82.7. The van der Waals surface area contributed by atoms with Crippen molar-refractivity contribution in [3.8, 4) is 5.75 Å². The van der Waals surface area contributed by atoms with E-state index < -0.39 is 77.3 Å². The fourth-order valence-electron chi connectivity index (χ4n) is 9.73. The van der Waals surface area contributed by atoms with Gasteiger partial charge in [-0.1, -0.05) is 128 Å². The Kier molecular flexibility index (Phi) is 11.5. The number of urea groups is 1. The molecule has 326 valence electrons. The fraction of sp³-hybridized carbons (Fsp3) is 0.265. The van der Waals surface area contributed by atoms with Crippen LogP contribution in [0.15, 0.2) is 133 Å². The number of methoxy groups -OCH3 is 1. The zero-order valence-corrected chi connectivity index (χ0v) is 35.9. The molecule has 14 nitrogen and oxygen atoms in total. The summed E-state index contributed by atoms with van der Waals surface area (Å²) < 4.78 is 18.3. The number of esters is 2. The molecule has 3 aliphatic rings. The van der Waals surface area contributed by atoms with Crippen LogP contribution in [0.2, 0.25) is 0 Å². The van der Waals surface area contributed by atoms with Crippen LogP contribution in [0.1, 0.15) is 54.3 Å². The van der Waals surface area contributed by atoms with Crippen LogP contribution in [0.25, 0.3) is 10.2 Å². The average molecular weight is 880 g/mol. The number of nitrogens with one attached hydrogen (secondary N) is 2. The van der Waals surface area contributed by atoms with Crippen LogP contribution >= 0.6 is 11.3 Å². The second-order valence-electron chi connectivity index (χ2n) is 16.2. The molecule has 1 spiro atoms. The monoisotopic (exact) mass is 879 g/mol. The Balaban J connectivity index is 1.33. The van der Waals surface area contributed by atoms with E-state index in [0.717, 1.165) is 15.2 Å². The highest BCUT2D eigenvalue weighted by atomic mass is 32.1. The molecule has 3 N–H and O–H groups in total. The second kappa shape index (κ2) is 17.3. The van der Waals surface area contributed by atoms with Crippen molar-refractivity contribution >= 4 is 62.2 Å². The Hall–Kier alpha value is -6.94. The number of imide groups is 1. The van der Waals surface area contributed by atoms with Crippen LogP contribution in [0.4, 0.5) is 15.6 Å². The molecule has 4 heterocycles. The number of cyclic esters (lactones) is 1. The molecule has 0 radical (unpaired) electrons. The summed E-state index contributed by atoms with van der Waals surface area (Å²) in [6.07, 6.45) is -0.926. The molecule has 6 aromatic rings. The van der Waals surface area contributed by atoms with Gasteiger partial charge < -0.3 is 30.0 Å². The van der Waals surface area contributed by atoms with Gasteiger partial charge in [-0.15, -0.1) is 0 Å². The average Bonchev–Trinajstić information content (AvgIpc) is 3.96. The molecule has 0 aliphatic carbocycles. The smallest absolute Gasteiger partial charge is 0.329 e. The van der Waals surface area contributed by atoms with Gasteiger partial charge in [-0.05, 0) is 58.5 Å². The number of nitrogens with zero attached hydrogens (tertiary/aromatic N) is 3. The maximum Gasteiger partial charge on any atom is 0.329 e. The van der Waals surface area contributed by atoms with Crippen LogP contribution in [-0.2, 0) is 34.1 Å². The Morgan fingerprint density at radius 3 is 2.22 bits per heavy atom. The van der Waals surface area contributed by atoms with Gasteiger partial charge in [0.25, 0.3) is 0 Å². The number of ether oxygens (including phenoxy) is 3. The number of aromatic nitrogens is 1. The molecule has 2 saturated heterocycles. The number of aliphatic hydroxyl groups is 1. The van der Waals surface area contributed by atoms with Gasteiger partial charge in [-0.3, -0.25) is 19.3 Å². The van der Waals surface area contributed by atoms with Crippen molar-refractivity contribution < 1.29 is 43.3 Å². The van der Waals surface area contributed by atoms with Crippen molar-refractivity contribution in [2.24, 2.45) is 11.8 Å². The molecule has 3 aliphatic heterocycles. The van der Waals surface area contributed by atoms with Crippen molar-refractivity contribution in [2.75, 3.05) is 30.5 Å². The van der Waals surface area contributed by atoms with E-state index in [4.69, 9.17) is 19.2 Å². The summed E-state index contributed by atoms with van der Waals surface area (Å²) in [5, 5.41) is 15.7. The number of morpholine rings is 1. The predicted octanol–water partition coefficient (Wildman–Crippen LogP) is 6.88. The van der Waals surface area contributed by atoms with Crippen molar-refractivity contribution in [2.45, 2.75) is 49.5 Å². The van der Waals surface area contributed by atoms with Gasteiger partial charge in [0.2, 0.25) is 11.8 Å². The van der Waals surface area contributed by atoms with E-state index in [2.05, 4.69) is 10.6 Å². The number of benzene rings is 5. The number of aliphatic hydroxyl groups excluding tert-OH is 1. The third-order valence-electron chi connectivity index (χ3n) is 12.3. The molecule has 0 saturated carbocycles. The summed E-state index contributed by atoms with van der Waals surface area (Å²) in [7, 11) is 1.21. The topological polar surface area (TPSA) is 177 Å². The number of thiazole rings is 1. The van der Waals surface area contributed by atoms with E-state index in [1.165, 1.54) is 18.4 Å². The molecule has 9 rings (SSSR count). The predicted molar refractivity (Wildman–Crippen MR) is 238 cm³/mol. The lowest BCUT2D eigenvalue weighted by atomic mass is 9.65. The Morgan fingerprint density at radius 2 is 1.52 bits per heavy atom. The van der Waals surface area contributed by atoms with Crippen LogP contribution in [-0.4, -0.2) is 77.2 Å². The first-order chi connectivity index (χ1) is 31.1. The van der Waals surface area contributed by atoms with Gasteiger partial charge in [-0.25, -0.2) is 19.5 Å². The zero-order chi connectivity index (χ0) is 44.7. The summed E-state index contributed by atoms with van der Waals surface area (Å²) >= 11 is 1.24. The molecule has 15 heteroatoms. The summed E-state index contributed by atoms with van der Waals surface area (Å²) in [6, 6.07) is 34.4. The third kappa shape index (κ3) is 7.05. The minimum atomic E-state index is -2.04. The summed E-state index contributed by atoms with van der Waals surface area (Å²) in [5.74, 6) is -4.60. The molecule has 2 fully saturated rings. The van der Waals surface area contributed by atoms with E-state index in [9.17, 15) is 14.7 Å². The van der Waals surface area contributed by atoms with Gasteiger partial charge in [0.05, 0.1) is 47.6 Å².